The molecule has 1 saturated carbocycles. The Labute approximate surface area is 192 Å². The molecule has 33 heavy (non-hydrogen) atoms. The quantitative estimate of drug-likeness (QED) is 0.712. The molecule has 1 aliphatic carbocycles. The lowest BCUT2D eigenvalue weighted by Crippen LogP contribution is -2.62. The molecule has 0 radical (unpaired) electrons. The second kappa shape index (κ2) is 8.97. The Bertz CT molecular complexity index is 1040. The molecule has 1 atom stereocenters. The van der Waals surface area contributed by atoms with Gasteiger partial charge in [-0.2, -0.15) is 0 Å². The number of carbonyl (C=O) groups is 1. The number of likely N-dealkylation sites (tertiary alicyclic amines) is 1. The smallest absolute Gasteiger partial charge is 0.253 e. The maximum absolute atomic E-state index is 13.2. The molecule has 1 N–H and O–H groups in total. The van der Waals surface area contributed by atoms with Gasteiger partial charge in [-0.15, -0.1) is 0 Å². The van der Waals surface area contributed by atoms with Crippen LogP contribution < -0.4 is 5.56 Å². The zero-order valence-corrected chi connectivity index (χ0v) is 19.0. The van der Waals surface area contributed by atoms with E-state index in [1.807, 2.05) is 30.3 Å². The van der Waals surface area contributed by atoms with Crippen LogP contribution in [0.5, 0.6) is 0 Å². The molecule has 2 aromatic rings. The van der Waals surface area contributed by atoms with Gasteiger partial charge in [0.05, 0.1) is 24.2 Å². The number of rotatable bonds is 6. The SMILES string of the molecule is CC(F)(F)CCC(=O)N1CCC(O)(Cn2cnc(-c3ccccc3)cc2=O)C2(CCCC2)C1. The summed E-state index contributed by atoms with van der Waals surface area (Å²) in [6.07, 6.45) is 4.43. The van der Waals surface area contributed by atoms with Gasteiger partial charge in [-0.1, -0.05) is 43.2 Å². The van der Waals surface area contributed by atoms with Crippen molar-refractivity contribution in [3.8, 4) is 11.3 Å². The van der Waals surface area contributed by atoms with Gasteiger partial charge < -0.3 is 10.0 Å². The Morgan fingerprint density at radius 1 is 1.18 bits per heavy atom. The van der Waals surface area contributed by atoms with Gasteiger partial charge in [-0.05, 0) is 26.2 Å². The lowest BCUT2D eigenvalue weighted by molar-refractivity contribution is -0.161. The molecular weight excluding hydrogens is 428 g/mol. The van der Waals surface area contributed by atoms with E-state index in [2.05, 4.69) is 4.98 Å². The number of hydrogen-bond donors (Lipinski definition) is 1. The minimum Gasteiger partial charge on any atom is -0.387 e. The van der Waals surface area contributed by atoms with E-state index in [1.165, 1.54) is 17.0 Å². The van der Waals surface area contributed by atoms with E-state index >= 15 is 0 Å². The summed E-state index contributed by atoms with van der Waals surface area (Å²) in [7, 11) is 0. The standard InChI is InChI=1S/C25H31F2N3O3/c1-23(26,27)12-9-21(31)29-14-13-25(33,24(16-29)10-5-6-11-24)17-30-18-28-20(15-22(30)32)19-7-3-2-4-8-19/h2-4,7-8,15,18,33H,5-6,9-14,16-17H2,1H3. The number of nitrogens with zero attached hydrogens (tertiary/aromatic N) is 3. The Kier molecular flexibility index (Phi) is 6.40. The van der Waals surface area contributed by atoms with Crippen LogP contribution in [0.3, 0.4) is 0 Å². The van der Waals surface area contributed by atoms with Crippen molar-refractivity contribution in [2.75, 3.05) is 13.1 Å². The number of carbonyl (C=O) groups excluding carboxylic acids is 1. The van der Waals surface area contributed by atoms with Crippen LogP contribution in [0, 0.1) is 5.41 Å². The van der Waals surface area contributed by atoms with Crippen LogP contribution in [0.2, 0.25) is 0 Å². The van der Waals surface area contributed by atoms with Gasteiger partial charge >= 0.3 is 0 Å². The second-order valence-electron chi connectivity index (χ2n) is 9.76. The van der Waals surface area contributed by atoms with Crippen LogP contribution in [0.4, 0.5) is 8.78 Å². The summed E-state index contributed by atoms with van der Waals surface area (Å²) in [6.45, 7) is 1.55. The van der Waals surface area contributed by atoms with Crippen molar-refractivity contribution in [1.29, 1.82) is 0 Å². The third-order valence-corrected chi connectivity index (χ3v) is 7.35. The molecule has 1 aromatic heterocycles. The highest BCUT2D eigenvalue weighted by Crippen LogP contribution is 2.51. The lowest BCUT2D eigenvalue weighted by atomic mass is 9.65. The van der Waals surface area contributed by atoms with E-state index in [9.17, 15) is 23.5 Å². The summed E-state index contributed by atoms with van der Waals surface area (Å²) in [5.41, 5.74) is -0.541. The van der Waals surface area contributed by atoms with Gasteiger partial charge in [0, 0.05) is 43.0 Å². The molecule has 2 aliphatic rings. The van der Waals surface area contributed by atoms with E-state index < -0.39 is 23.4 Å². The highest BCUT2D eigenvalue weighted by Gasteiger charge is 2.55. The lowest BCUT2D eigenvalue weighted by Gasteiger charge is -2.52. The third kappa shape index (κ3) is 5.00. The van der Waals surface area contributed by atoms with Crippen molar-refractivity contribution in [3.63, 3.8) is 0 Å². The van der Waals surface area contributed by atoms with Crippen LogP contribution in [0.15, 0.2) is 47.5 Å². The summed E-state index contributed by atoms with van der Waals surface area (Å²) in [4.78, 5) is 31.5. The van der Waals surface area contributed by atoms with E-state index in [-0.39, 0.29) is 31.0 Å². The van der Waals surface area contributed by atoms with E-state index in [0.717, 1.165) is 38.2 Å². The topological polar surface area (TPSA) is 75.4 Å². The molecule has 1 saturated heterocycles. The van der Waals surface area contributed by atoms with Gasteiger partial charge in [0.2, 0.25) is 11.8 Å². The van der Waals surface area contributed by atoms with E-state index in [1.54, 1.807) is 4.90 Å². The molecule has 8 heteroatoms. The summed E-state index contributed by atoms with van der Waals surface area (Å²) < 4.78 is 27.9. The van der Waals surface area contributed by atoms with Crippen molar-refractivity contribution >= 4 is 5.91 Å². The zero-order valence-electron chi connectivity index (χ0n) is 19.0. The molecule has 1 amide bonds. The number of aliphatic hydroxyl groups is 1. The number of piperidine rings is 1. The van der Waals surface area contributed by atoms with Crippen LogP contribution in [-0.2, 0) is 11.3 Å². The van der Waals surface area contributed by atoms with Gasteiger partial charge in [0.25, 0.3) is 5.56 Å². The fourth-order valence-corrected chi connectivity index (χ4v) is 5.39. The van der Waals surface area contributed by atoms with E-state index in [0.29, 0.717) is 18.7 Å². The molecule has 0 bridgehead atoms. The number of hydrogen-bond acceptors (Lipinski definition) is 4. The molecule has 178 valence electrons. The summed E-state index contributed by atoms with van der Waals surface area (Å²) in [5, 5.41) is 11.8. The predicted octanol–water partition coefficient (Wildman–Crippen LogP) is 3.87. The molecule has 1 unspecified atom stereocenters. The Hall–Kier alpha value is -2.61. The third-order valence-electron chi connectivity index (χ3n) is 7.35. The van der Waals surface area contributed by atoms with Gasteiger partial charge in [-0.25, -0.2) is 13.8 Å². The first kappa shape index (κ1) is 23.5. The fourth-order valence-electron chi connectivity index (χ4n) is 5.39. The van der Waals surface area contributed by atoms with Gasteiger partial charge in [0.1, 0.15) is 0 Å². The molecular formula is C25H31F2N3O3. The molecule has 1 aromatic carbocycles. The zero-order chi connectivity index (χ0) is 23.7. The molecule has 2 heterocycles. The maximum atomic E-state index is 13.2. The first-order valence-electron chi connectivity index (χ1n) is 11.6. The normalized spacial score (nSPS) is 22.6. The molecule has 4 rings (SSSR count). The van der Waals surface area contributed by atoms with Crippen molar-refractivity contribution in [1.82, 2.24) is 14.5 Å². The first-order chi connectivity index (χ1) is 15.6. The van der Waals surface area contributed by atoms with E-state index in [4.69, 9.17) is 0 Å². The molecule has 1 spiro atoms. The minimum absolute atomic E-state index is 0.100. The number of alkyl halides is 2. The number of halogens is 2. The average molecular weight is 460 g/mol. The second-order valence-corrected chi connectivity index (χ2v) is 9.76. The highest BCUT2D eigenvalue weighted by molar-refractivity contribution is 5.76. The van der Waals surface area contributed by atoms with Gasteiger partial charge in [0.15, 0.2) is 0 Å². The molecule has 1 aliphatic heterocycles. The Balaban J connectivity index is 1.53. The van der Waals surface area contributed by atoms with Crippen molar-refractivity contribution in [3.05, 3.63) is 53.1 Å². The Morgan fingerprint density at radius 3 is 2.52 bits per heavy atom. The number of benzene rings is 1. The number of aromatic nitrogens is 2. The van der Waals surface area contributed by atoms with Gasteiger partial charge in [-0.3, -0.25) is 14.2 Å². The van der Waals surface area contributed by atoms with Crippen LogP contribution in [0.25, 0.3) is 11.3 Å². The highest BCUT2D eigenvalue weighted by atomic mass is 19.3. The average Bonchev–Trinajstić information content (AvgIpc) is 3.26. The predicted molar refractivity (Wildman–Crippen MR) is 121 cm³/mol. The first-order valence-corrected chi connectivity index (χ1v) is 11.6. The van der Waals surface area contributed by atoms with Crippen molar-refractivity contribution < 1.29 is 18.7 Å². The van der Waals surface area contributed by atoms with Crippen LogP contribution in [0.1, 0.15) is 51.9 Å². The minimum atomic E-state index is -2.88. The number of amides is 1. The monoisotopic (exact) mass is 459 g/mol. The van der Waals surface area contributed by atoms with Crippen molar-refractivity contribution in [2.24, 2.45) is 5.41 Å². The maximum Gasteiger partial charge on any atom is 0.253 e. The fraction of sp³-hybridized carbons (Fsp3) is 0.560. The van der Waals surface area contributed by atoms with Crippen LogP contribution in [-0.4, -0.2) is 50.1 Å². The summed E-state index contributed by atoms with van der Waals surface area (Å²) >= 11 is 0. The Morgan fingerprint density at radius 2 is 1.88 bits per heavy atom. The van der Waals surface area contributed by atoms with Crippen molar-refractivity contribution in [2.45, 2.75) is 69.9 Å². The molecule has 6 nitrogen and oxygen atoms in total. The largest absolute Gasteiger partial charge is 0.387 e. The summed E-state index contributed by atoms with van der Waals surface area (Å²) in [5.74, 6) is -3.17. The summed E-state index contributed by atoms with van der Waals surface area (Å²) in [6, 6.07) is 10.9. The van der Waals surface area contributed by atoms with Crippen LogP contribution >= 0.6 is 0 Å². The molecule has 2 fully saturated rings.